The zero-order chi connectivity index (χ0) is 26.7. The molecule has 0 aliphatic carbocycles. The average molecular weight is 500 g/mol. The molecular formula is C29H29N3O5. The maximum Gasteiger partial charge on any atom is 0.337 e. The normalized spacial score (nSPS) is 14.0. The Kier molecular flexibility index (Phi) is 7.13. The van der Waals surface area contributed by atoms with Gasteiger partial charge in [-0.3, -0.25) is 9.59 Å². The van der Waals surface area contributed by atoms with Gasteiger partial charge in [0.2, 0.25) is 0 Å². The van der Waals surface area contributed by atoms with Crippen molar-refractivity contribution in [1.29, 1.82) is 0 Å². The van der Waals surface area contributed by atoms with E-state index >= 15 is 0 Å². The quantitative estimate of drug-likeness (QED) is 0.263. The van der Waals surface area contributed by atoms with Crippen LogP contribution in [-0.4, -0.2) is 30.1 Å². The predicted molar refractivity (Wildman–Crippen MR) is 143 cm³/mol. The molecule has 1 aliphatic heterocycles. The molecule has 37 heavy (non-hydrogen) atoms. The molecule has 0 fully saturated rings. The number of aryl methyl sites for hydroxylation is 1. The van der Waals surface area contributed by atoms with Crippen LogP contribution in [0.15, 0.2) is 66.7 Å². The molecule has 0 atom stereocenters. The van der Waals surface area contributed by atoms with Crippen LogP contribution in [0.25, 0.3) is 11.3 Å². The fraction of sp³-hybridized carbons (Fsp3) is 0.207. The highest BCUT2D eigenvalue weighted by atomic mass is 16.5. The molecule has 0 saturated heterocycles. The van der Waals surface area contributed by atoms with Crippen LogP contribution >= 0.6 is 0 Å². The zero-order valence-electron chi connectivity index (χ0n) is 20.9. The summed E-state index contributed by atoms with van der Waals surface area (Å²) in [5, 5.41) is 15.4. The second-order valence-corrected chi connectivity index (χ2v) is 9.48. The van der Waals surface area contributed by atoms with Crippen LogP contribution in [0.4, 0.5) is 11.4 Å². The molecule has 3 aromatic rings. The number of ether oxygens (including phenoxy) is 1. The van der Waals surface area contributed by atoms with E-state index in [1.54, 1.807) is 18.2 Å². The molecule has 1 heterocycles. The first-order valence-electron chi connectivity index (χ1n) is 11.8. The van der Waals surface area contributed by atoms with Crippen molar-refractivity contribution < 1.29 is 24.2 Å². The van der Waals surface area contributed by atoms with Crippen LogP contribution in [0.5, 0.6) is 0 Å². The highest BCUT2D eigenvalue weighted by molar-refractivity contribution is 6.37. The Hall–Kier alpha value is -4.43. The number of amides is 1. The lowest BCUT2D eigenvalue weighted by molar-refractivity contribution is -0.137. The van der Waals surface area contributed by atoms with E-state index < -0.39 is 17.5 Å². The number of benzene rings is 3. The number of rotatable bonds is 8. The van der Waals surface area contributed by atoms with Crippen molar-refractivity contribution in [3.63, 3.8) is 0 Å². The summed E-state index contributed by atoms with van der Waals surface area (Å²) in [6.07, 6.45) is 0.351. The number of hydrogen-bond donors (Lipinski definition) is 4. The van der Waals surface area contributed by atoms with Gasteiger partial charge in [0.05, 0.1) is 29.6 Å². The smallest absolute Gasteiger partial charge is 0.337 e. The standard InChI is InChI=1S/C29H29N3O5/c1-29(2,30)20-8-5-9-21(16-20)31-26(18-7-4-6-17(14-18)10-13-24(33)34)25-22-12-11-19(28(36)37-3)15-23(22)32-27(25)35/h4-9,11-12,14-16,31H,10,13,30H2,1-3H3,(H,32,35)(H,33,34)/b26-25-. The number of fused-ring (bicyclic) bond motifs is 1. The van der Waals surface area contributed by atoms with Gasteiger partial charge in [-0.1, -0.05) is 36.4 Å². The molecular weight excluding hydrogens is 470 g/mol. The molecule has 8 heteroatoms. The second kappa shape index (κ2) is 10.3. The Labute approximate surface area is 215 Å². The van der Waals surface area contributed by atoms with E-state index in [4.69, 9.17) is 15.6 Å². The Balaban J connectivity index is 1.86. The van der Waals surface area contributed by atoms with Gasteiger partial charge in [-0.05, 0) is 67.3 Å². The van der Waals surface area contributed by atoms with Crippen LogP contribution in [-0.2, 0) is 26.3 Å². The van der Waals surface area contributed by atoms with Gasteiger partial charge in [-0.2, -0.15) is 0 Å². The molecule has 3 aromatic carbocycles. The number of carbonyl (C=O) groups excluding carboxylic acids is 2. The maximum atomic E-state index is 13.3. The van der Waals surface area contributed by atoms with Crippen molar-refractivity contribution in [3.05, 3.63) is 94.5 Å². The maximum absolute atomic E-state index is 13.3. The molecule has 4 rings (SSSR count). The minimum absolute atomic E-state index is 0.00393. The first-order valence-corrected chi connectivity index (χ1v) is 11.8. The number of hydrogen-bond acceptors (Lipinski definition) is 6. The Morgan fingerprint density at radius 1 is 1.03 bits per heavy atom. The van der Waals surface area contributed by atoms with Gasteiger partial charge >= 0.3 is 11.9 Å². The van der Waals surface area contributed by atoms with Crippen LogP contribution in [0.1, 0.15) is 52.9 Å². The second-order valence-electron chi connectivity index (χ2n) is 9.48. The van der Waals surface area contributed by atoms with Gasteiger partial charge in [0.1, 0.15) is 0 Å². The van der Waals surface area contributed by atoms with Crippen LogP contribution < -0.4 is 16.4 Å². The third-order valence-electron chi connectivity index (χ3n) is 6.15. The van der Waals surface area contributed by atoms with Gasteiger partial charge in [0.25, 0.3) is 5.91 Å². The van der Waals surface area contributed by atoms with Gasteiger partial charge in [0, 0.05) is 23.2 Å². The van der Waals surface area contributed by atoms with Crippen LogP contribution in [0.2, 0.25) is 0 Å². The number of carboxylic acids is 1. The number of carbonyl (C=O) groups is 3. The van der Waals surface area contributed by atoms with Crippen molar-refractivity contribution in [1.82, 2.24) is 0 Å². The van der Waals surface area contributed by atoms with Gasteiger partial charge in [0.15, 0.2) is 0 Å². The Bertz CT molecular complexity index is 1420. The lowest BCUT2D eigenvalue weighted by Gasteiger charge is -2.21. The van der Waals surface area contributed by atoms with E-state index in [0.717, 1.165) is 22.4 Å². The monoisotopic (exact) mass is 499 g/mol. The lowest BCUT2D eigenvalue weighted by atomic mass is 9.94. The van der Waals surface area contributed by atoms with Gasteiger partial charge < -0.3 is 26.2 Å². The molecule has 1 amide bonds. The zero-order valence-corrected chi connectivity index (χ0v) is 20.9. The number of nitrogens with two attached hydrogens (primary N) is 1. The number of aliphatic carboxylic acids is 1. The highest BCUT2D eigenvalue weighted by Crippen LogP contribution is 2.38. The molecule has 0 spiro atoms. The van der Waals surface area contributed by atoms with Gasteiger partial charge in [-0.15, -0.1) is 0 Å². The SMILES string of the molecule is COC(=O)c1ccc2c(c1)NC(=O)/C2=C(\Nc1cccc(C(C)(C)N)c1)c1cccc(CCC(=O)O)c1. The molecule has 0 bridgehead atoms. The lowest BCUT2D eigenvalue weighted by Crippen LogP contribution is -2.28. The molecule has 0 aromatic heterocycles. The molecule has 0 saturated carbocycles. The summed E-state index contributed by atoms with van der Waals surface area (Å²) in [4.78, 5) is 36.4. The molecule has 8 nitrogen and oxygen atoms in total. The largest absolute Gasteiger partial charge is 0.481 e. The minimum atomic E-state index is -0.881. The Morgan fingerprint density at radius 2 is 1.78 bits per heavy atom. The van der Waals surface area contributed by atoms with Crippen molar-refractivity contribution in [2.45, 2.75) is 32.2 Å². The fourth-order valence-corrected chi connectivity index (χ4v) is 4.22. The molecule has 5 N–H and O–H groups in total. The summed E-state index contributed by atoms with van der Waals surface area (Å²) in [6.45, 7) is 3.83. The first kappa shape index (κ1) is 25.7. The van der Waals surface area contributed by atoms with E-state index in [1.807, 2.05) is 62.4 Å². The number of anilines is 2. The first-order chi connectivity index (χ1) is 17.6. The fourth-order valence-electron chi connectivity index (χ4n) is 4.22. The van der Waals surface area contributed by atoms with E-state index in [0.29, 0.717) is 34.5 Å². The van der Waals surface area contributed by atoms with Crippen molar-refractivity contribution in [2.75, 3.05) is 17.7 Å². The summed E-state index contributed by atoms with van der Waals surface area (Å²) >= 11 is 0. The summed E-state index contributed by atoms with van der Waals surface area (Å²) in [5.41, 5.74) is 11.4. The third-order valence-corrected chi connectivity index (χ3v) is 6.15. The topological polar surface area (TPSA) is 131 Å². The predicted octanol–water partition coefficient (Wildman–Crippen LogP) is 4.62. The summed E-state index contributed by atoms with van der Waals surface area (Å²) in [7, 11) is 1.30. The molecule has 0 unspecified atom stereocenters. The minimum Gasteiger partial charge on any atom is -0.481 e. The van der Waals surface area contributed by atoms with E-state index in [9.17, 15) is 14.4 Å². The highest BCUT2D eigenvalue weighted by Gasteiger charge is 2.29. The average Bonchev–Trinajstić information content (AvgIpc) is 3.20. The van der Waals surface area contributed by atoms with Crippen molar-refractivity contribution >= 4 is 40.5 Å². The summed E-state index contributed by atoms with van der Waals surface area (Å²) in [5.74, 6) is -1.71. The van der Waals surface area contributed by atoms with Gasteiger partial charge in [-0.25, -0.2) is 4.79 Å². The van der Waals surface area contributed by atoms with Crippen LogP contribution in [0, 0.1) is 0 Å². The Morgan fingerprint density at radius 3 is 2.49 bits per heavy atom. The van der Waals surface area contributed by atoms with Crippen molar-refractivity contribution in [2.24, 2.45) is 5.73 Å². The molecule has 1 aliphatic rings. The van der Waals surface area contributed by atoms with E-state index in [1.165, 1.54) is 7.11 Å². The number of esters is 1. The van der Waals surface area contributed by atoms with Crippen molar-refractivity contribution in [3.8, 4) is 0 Å². The van der Waals surface area contributed by atoms with Crippen LogP contribution in [0.3, 0.4) is 0 Å². The number of nitrogens with one attached hydrogen (secondary N) is 2. The summed E-state index contributed by atoms with van der Waals surface area (Å²) in [6, 6.07) is 20.0. The molecule has 0 radical (unpaired) electrons. The number of methoxy groups -OCH3 is 1. The van der Waals surface area contributed by atoms with E-state index in [2.05, 4.69) is 10.6 Å². The third kappa shape index (κ3) is 5.70. The summed E-state index contributed by atoms with van der Waals surface area (Å²) < 4.78 is 4.81. The number of carboxylic acid groups (broad SMARTS) is 1. The molecule has 190 valence electrons. The van der Waals surface area contributed by atoms with E-state index in [-0.39, 0.29) is 12.3 Å².